The van der Waals surface area contributed by atoms with E-state index in [2.05, 4.69) is 29.8 Å². The van der Waals surface area contributed by atoms with Crippen molar-refractivity contribution in [1.29, 1.82) is 0 Å². The molecule has 2 unspecified atom stereocenters. The lowest BCUT2D eigenvalue weighted by Crippen LogP contribution is -2.49. The Morgan fingerprint density at radius 3 is 3.11 bits per heavy atom. The molecule has 1 aliphatic rings. The molecule has 1 saturated heterocycles. The molecule has 2 N–H and O–H groups in total. The number of hydrogen-bond acceptors (Lipinski definition) is 4. The average Bonchev–Trinajstić information content (AvgIpc) is 2.40. The van der Waals surface area contributed by atoms with Crippen LogP contribution in [0, 0.1) is 0 Å². The molecule has 0 amide bonds. The van der Waals surface area contributed by atoms with Gasteiger partial charge >= 0.3 is 0 Å². The highest BCUT2D eigenvalue weighted by Crippen LogP contribution is 2.25. The van der Waals surface area contributed by atoms with E-state index in [4.69, 9.17) is 10.5 Å². The summed E-state index contributed by atoms with van der Waals surface area (Å²) in [4.78, 5) is 6.96. The summed E-state index contributed by atoms with van der Waals surface area (Å²) in [6, 6.07) is 4.54. The lowest BCUT2D eigenvalue weighted by atomic mass is 10.1. The van der Waals surface area contributed by atoms with Crippen LogP contribution in [0.15, 0.2) is 18.3 Å². The third-order valence-corrected chi connectivity index (χ3v) is 3.49. The Hall–Kier alpha value is -1.13. The number of morpholine rings is 1. The first kappa shape index (κ1) is 13.3. The van der Waals surface area contributed by atoms with E-state index < -0.39 is 0 Å². The lowest BCUT2D eigenvalue weighted by Gasteiger charge is -2.40. The first-order chi connectivity index (χ1) is 8.76. The third-order valence-electron chi connectivity index (χ3n) is 3.49. The SMILES string of the molecule is CCC1COC(C)CN1c1ncccc1CCN. The van der Waals surface area contributed by atoms with Crippen molar-refractivity contribution in [1.82, 2.24) is 4.98 Å². The standard InChI is InChI=1S/C14H23N3O/c1-3-13-10-18-11(2)9-17(13)14-12(6-7-15)5-4-8-16-14/h4-5,8,11,13H,3,6-7,9-10,15H2,1-2H3. The van der Waals surface area contributed by atoms with Crippen molar-refractivity contribution in [2.75, 3.05) is 24.6 Å². The smallest absolute Gasteiger partial charge is 0.132 e. The van der Waals surface area contributed by atoms with Crippen LogP contribution >= 0.6 is 0 Å². The monoisotopic (exact) mass is 249 g/mol. The third kappa shape index (κ3) is 2.82. The van der Waals surface area contributed by atoms with Crippen LogP contribution in [0.3, 0.4) is 0 Å². The molecule has 0 radical (unpaired) electrons. The van der Waals surface area contributed by atoms with Crippen molar-refractivity contribution in [3.63, 3.8) is 0 Å². The van der Waals surface area contributed by atoms with Crippen molar-refractivity contribution in [3.05, 3.63) is 23.9 Å². The van der Waals surface area contributed by atoms with Crippen LogP contribution in [-0.2, 0) is 11.2 Å². The van der Waals surface area contributed by atoms with Gasteiger partial charge in [0.05, 0.1) is 18.8 Å². The van der Waals surface area contributed by atoms with Gasteiger partial charge in [-0.05, 0) is 37.9 Å². The highest BCUT2D eigenvalue weighted by molar-refractivity contribution is 5.48. The fourth-order valence-corrected chi connectivity index (χ4v) is 2.48. The van der Waals surface area contributed by atoms with E-state index in [-0.39, 0.29) is 6.10 Å². The molecule has 0 bridgehead atoms. The second-order valence-electron chi connectivity index (χ2n) is 4.88. The minimum absolute atomic E-state index is 0.264. The highest BCUT2D eigenvalue weighted by atomic mass is 16.5. The predicted molar refractivity (Wildman–Crippen MR) is 73.8 cm³/mol. The molecule has 1 aliphatic heterocycles. The molecule has 0 spiro atoms. The maximum Gasteiger partial charge on any atom is 0.132 e. The molecule has 1 aromatic rings. The van der Waals surface area contributed by atoms with Crippen LogP contribution in [0.5, 0.6) is 0 Å². The van der Waals surface area contributed by atoms with E-state index >= 15 is 0 Å². The number of nitrogens with two attached hydrogens (primary N) is 1. The van der Waals surface area contributed by atoms with Gasteiger partial charge in [0.25, 0.3) is 0 Å². The van der Waals surface area contributed by atoms with Crippen molar-refractivity contribution >= 4 is 5.82 Å². The Kier molecular flexibility index (Phi) is 4.55. The van der Waals surface area contributed by atoms with Crippen molar-refractivity contribution < 1.29 is 4.74 Å². The van der Waals surface area contributed by atoms with Gasteiger partial charge in [0, 0.05) is 12.7 Å². The van der Waals surface area contributed by atoms with Gasteiger partial charge < -0.3 is 15.4 Å². The zero-order valence-corrected chi connectivity index (χ0v) is 11.3. The zero-order valence-electron chi connectivity index (χ0n) is 11.3. The molecule has 18 heavy (non-hydrogen) atoms. The molecule has 0 aromatic carbocycles. The number of anilines is 1. The molecule has 0 saturated carbocycles. The molecule has 2 heterocycles. The van der Waals surface area contributed by atoms with Crippen LogP contribution in [0.25, 0.3) is 0 Å². The van der Waals surface area contributed by atoms with E-state index in [0.29, 0.717) is 12.6 Å². The van der Waals surface area contributed by atoms with Crippen LogP contribution in [0.4, 0.5) is 5.82 Å². The molecule has 1 aromatic heterocycles. The number of ether oxygens (including phenoxy) is 1. The van der Waals surface area contributed by atoms with E-state index in [0.717, 1.165) is 31.8 Å². The normalized spacial score (nSPS) is 24.3. The molecule has 4 nitrogen and oxygen atoms in total. The van der Waals surface area contributed by atoms with E-state index in [9.17, 15) is 0 Å². The van der Waals surface area contributed by atoms with Gasteiger partial charge in [0.15, 0.2) is 0 Å². The lowest BCUT2D eigenvalue weighted by molar-refractivity contribution is 0.0295. The Balaban J connectivity index is 2.26. The number of pyridine rings is 1. The van der Waals surface area contributed by atoms with Gasteiger partial charge in [-0.25, -0.2) is 4.98 Å². The van der Waals surface area contributed by atoms with Crippen LogP contribution in [-0.4, -0.2) is 36.8 Å². The first-order valence-electron chi connectivity index (χ1n) is 6.78. The Morgan fingerprint density at radius 1 is 1.56 bits per heavy atom. The van der Waals surface area contributed by atoms with E-state index in [1.54, 1.807) is 0 Å². The Labute approximate surface area is 109 Å². The summed E-state index contributed by atoms with van der Waals surface area (Å²) in [7, 11) is 0. The molecule has 100 valence electrons. The maximum absolute atomic E-state index is 5.74. The van der Waals surface area contributed by atoms with Gasteiger partial charge in [-0.3, -0.25) is 0 Å². The van der Waals surface area contributed by atoms with Gasteiger partial charge in [-0.15, -0.1) is 0 Å². The van der Waals surface area contributed by atoms with Crippen molar-refractivity contribution in [3.8, 4) is 0 Å². The quantitative estimate of drug-likeness (QED) is 0.880. The van der Waals surface area contributed by atoms with Gasteiger partial charge in [0.2, 0.25) is 0 Å². The predicted octanol–water partition coefficient (Wildman–Crippen LogP) is 1.59. The molecular weight excluding hydrogens is 226 g/mol. The first-order valence-corrected chi connectivity index (χ1v) is 6.78. The zero-order chi connectivity index (χ0) is 13.0. The molecule has 2 rings (SSSR count). The van der Waals surface area contributed by atoms with Crippen molar-refractivity contribution in [2.24, 2.45) is 5.73 Å². The summed E-state index contributed by atoms with van der Waals surface area (Å²) >= 11 is 0. The topological polar surface area (TPSA) is 51.4 Å². The number of aromatic nitrogens is 1. The van der Waals surface area contributed by atoms with Gasteiger partial charge in [-0.1, -0.05) is 13.0 Å². The highest BCUT2D eigenvalue weighted by Gasteiger charge is 2.27. The second kappa shape index (κ2) is 6.16. The number of hydrogen-bond donors (Lipinski definition) is 1. The molecule has 4 heteroatoms. The summed E-state index contributed by atoms with van der Waals surface area (Å²) in [5.41, 5.74) is 6.93. The summed E-state index contributed by atoms with van der Waals surface area (Å²) in [5, 5.41) is 0. The molecule has 1 fully saturated rings. The largest absolute Gasteiger partial charge is 0.375 e. The summed E-state index contributed by atoms with van der Waals surface area (Å²) in [6.45, 7) is 6.67. The fraction of sp³-hybridized carbons (Fsp3) is 0.643. The van der Waals surface area contributed by atoms with Gasteiger partial charge in [0.1, 0.15) is 5.82 Å². The van der Waals surface area contributed by atoms with Crippen LogP contribution < -0.4 is 10.6 Å². The van der Waals surface area contributed by atoms with Crippen LogP contribution in [0.1, 0.15) is 25.8 Å². The second-order valence-corrected chi connectivity index (χ2v) is 4.88. The summed E-state index contributed by atoms with van der Waals surface area (Å²) in [5.74, 6) is 1.09. The Bertz CT molecular complexity index is 383. The van der Waals surface area contributed by atoms with E-state index in [1.807, 2.05) is 12.3 Å². The van der Waals surface area contributed by atoms with Crippen molar-refractivity contribution in [2.45, 2.75) is 38.8 Å². The number of rotatable bonds is 4. The summed E-state index contributed by atoms with van der Waals surface area (Å²) in [6.07, 6.45) is 4.08. The minimum atomic E-state index is 0.264. The van der Waals surface area contributed by atoms with Crippen LogP contribution in [0.2, 0.25) is 0 Å². The van der Waals surface area contributed by atoms with Gasteiger partial charge in [-0.2, -0.15) is 0 Å². The molecule has 0 aliphatic carbocycles. The fourth-order valence-electron chi connectivity index (χ4n) is 2.48. The van der Waals surface area contributed by atoms with E-state index in [1.165, 1.54) is 5.56 Å². The Morgan fingerprint density at radius 2 is 2.39 bits per heavy atom. The molecule has 2 atom stereocenters. The average molecular weight is 249 g/mol. The summed E-state index contributed by atoms with van der Waals surface area (Å²) < 4.78 is 5.74. The molecular formula is C14H23N3O. The minimum Gasteiger partial charge on any atom is -0.375 e. The maximum atomic E-state index is 5.74. The number of nitrogens with zero attached hydrogens (tertiary/aromatic N) is 2.